The number of hydrogen-bond acceptors (Lipinski definition) is 5. The second-order valence-electron chi connectivity index (χ2n) is 8.00. The van der Waals surface area contributed by atoms with Crippen LogP contribution in [0.25, 0.3) is 0 Å². The summed E-state index contributed by atoms with van der Waals surface area (Å²) in [5.41, 5.74) is 0.781. The fourth-order valence-corrected chi connectivity index (χ4v) is 5.03. The fraction of sp³-hybridized carbons (Fsp3) is 0.304. The van der Waals surface area contributed by atoms with Crippen molar-refractivity contribution in [1.29, 1.82) is 0 Å². The van der Waals surface area contributed by atoms with Crippen LogP contribution in [-0.2, 0) is 19.1 Å². The average Bonchev–Trinajstić information content (AvgIpc) is 3.05. The summed E-state index contributed by atoms with van der Waals surface area (Å²) < 4.78 is 5.04. The molecule has 1 saturated heterocycles. The molecule has 1 N–H and O–H groups in total. The minimum atomic E-state index is -0.749. The molecule has 0 spiro atoms. The second-order valence-corrected chi connectivity index (χ2v) is 9.91. The van der Waals surface area contributed by atoms with Crippen LogP contribution < -0.4 is 10.2 Å². The minimum Gasteiger partial charge on any atom is -0.452 e. The summed E-state index contributed by atoms with van der Waals surface area (Å²) in [7, 11) is 0. The van der Waals surface area contributed by atoms with E-state index in [1.54, 1.807) is 18.2 Å². The molecule has 1 saturated carbocycles. The van der Waals surface area contributed by atoms with Gasteiger partial charge in [0.2, 0.25) is 11.8 Å². The van der Waals surface area contributed by atoms with E-state index in [0.29, 0.717) is 24.2 Å². The number of hydrogen-bond donors (Lipinski definition) is 1. The number of anilines is 2. The molecule has 7 nitrogen and oxygen atoms in total. The van der Waals surface area contributed by atoms with Crippen LogP contribution in [0, 0.1) is 11.8 Å². The monoisotopic (exact) mass is 542 g/mol. The number of esters is 1. The number of halogens is 4. The number of nitrogens with one attached hydrogen (secondary N) is 1. The molecule has 34 heavy (non-hydrogen) atoms. The van der Waals surface area contributed by atoms with E-state index in [4.69, 9.17) is 51.1 Å². The lowest BCUT2D eigenvalue weighted by Crippen LogP contribution is -2.34. The zero-order chi connectivity index (χ0) is 24.6. The van der Waals surface area contributed by atoms with Crippen LogP contribution in [0.3, 0.4) is 0 Å². The quantitative estimate of drug-likeness (QED) is 0.329. The van der Waals surface area contributed by atoms with Crippen molar-refractivity contribution in [3.05, 3.63) is 58.1 Å². The smallest absolute Gasteiger partial charge is 0.338 e. The maximum absolute atomic E-state index is 12.8. The maximum Gasteiger partial charge on any atom is 0.338 e. The Bertz CT molecular complexity index is 1130. The van der Waals surface area contributed by atoms with Gasteiger partial charge >= 0.3 is 5.97 Å². The summed E-state index contributed by atoms with van der Waals surface area (Å²) in [4.78, 5) is 51.2. The van der Waals surface area contributed by atoms with Crippen LogP contribution in [0.5, 0.6) is 0 Å². The summed E-state index contributed by atoms with van der Waals surface area (Å²) in [6.07, 6.45) is 0.683. The Balaban J connectivity index is 1.37. The number of benzene rings is 2. The number of imide groups is 1. The Kier molecular flexibility index (Phi) is 7.38. The van der Waals surface area contributed by atoms with Gasteiger partial charge in [-0.2, -0.15) is 0 Å². The first kappa shape index (κ1) is 24.8. The van der Waals surface area contributed by atoms with Gasteiger partial charge in [-0.15, -0.1) is 23.2 Å². The molecule has 11 heteroatoms. The fourth-order valence-electron chi connectivity index (χ4n) is 4.10. The SMILES string of the molecule is O=C(COC(=O)c1ccc(N2C(=O)[C@@H]3C[C@@H](Cl)[C@@H](Cl)C[C@H]3C2=O)cc1)Nc1cccc(Cl)c1Cl. The number of carbonyl (C=O) groups is 4. The summed E-state index contributed by atoms with van der Waals surface area (Å²) in [5, 5.41) is 2.22. The van der Waals surface area contributed by atoms with Crippen LogP contribution >= 0.6 is 46.4 Å². The number of nitrogens with zero attached hydrogens (tertiary/aromatic N) is 1. The zero-order valence-corrected chi connectivity index (χ0v) is 20.5. The summed E-state index contributed by atoms with van der Waals surface area (Å²) in [6.45, 7) is -0.547. The van der Waals surface area contributed by atoms with E-state index in [-0.39, 0.29) is 38.2 Å². The number of rotatable bonds is 5. The van der Waals surface area contributed by atoms with E-state index in [9.17, 15) is 19.2 Å². The molecule has 2 aliphatic rings. The van der Waals surface area contributed by atoms with Gasteiger partial charge in [0, 0.05) is 0 Å². The molecular weight excluding hydrogens is 526 g/mol. The van der Waals surface area contributed by atoms with E-state index < -0.39 is 30.3 Å². The first-order valence-electron chi connectivity index (χ1n) is 10.3. The molecule has 0 aromatic heterocycles. The molecule has 1 aliphatic carbocycles. The highest BCUT2D eigenvalue weighted by molar-refractivity contribution is 6.44. The standard InChI is InChI=1S/C23H18Cl4N2O5/c24-15-2-1-3-18(20(15)27)28-19(30)10-34-23(33)11-4-6-12(7-5-11)29-21(31)13-8-16(25)17(26)9-14(13)22(29)32/h1-7,13-14,16-17H,8-10H2,(H,28,30)/t13-,14-,16-,17+/m1/s1. The summed E-state index contributed by atoms with van der Waals surface area (Å²) in [5.74, 6) is -2.99. The van der Waals surface area contributed by atoms with E-state index in [1.165, 1.54) is 24.3 Å². The number of ether oxygens (including phenoxy) is 1. The van der Waals surface area contributed by atoms with Crippen LogP contribution in [0.15, 0.2) is 42.5 Å². The maximum atomic E-state index is 12.8. The largest absolute Gasteiger partial charge is 0.452 e. The van der Waals surface area contributed by atoms with Crippen LogP contribution in [-0.4, -0.2) is 41.1 Å². The number of alkyl halides is 2. The van der Waals surface area contributed by atoms with Gasteiger partial charge in [0.15, 0.2) is 6.61 Å². The van der Waals surface area contributed by atoms with Gasteiger partial charge in [-0.1, -0.05) is 29.3 Å². The van der Waals surface area contributed by atoms with Crippen molar-refractivity contribution in [2.24, 2.45) is 11.8 Å². The van der Waals surface area contributed by atoms with Crippen LogP contribution in [0.4, 0.5) is 11.4 Å². The van der Waals surface area contributed by atoms with Gasteiger partial charge in [0.25, 0.3) is 5.91 Å². The Morgan fingerprint density at radius 3 is 2.12 bits per heavy atom. The molecule has 1 aliphatic heterocycles. The summed E-state index contributed by atoms with van der Waals surface area (Å²) in [6, 6.07) is 10.5. The molecule has 3 amide bonds. The van der Waals surface area contributed by atoms with Crippen molar-refractivity contribution in [2.45, 2.75) is 23.6 Å². The highest BCUT2D eigenvalue weighted by Crippen LogP contribution is 2.43. The summed E-state index contributed by atoms with van der Waals surface area (Å²) >= 11 is 24.3. The molecule has 4 rings (SSSR count). The normalized spacial score (nSPS) is 24.1. The highest BCUT2D eigenvalue weighted by atomic mass is 35.5. The third-order valence-electron chi connectivity index (χ3n) is 5.83. The topological polar surface area (TPSA) is 92.8 Å². The van der Waals surface area contributed by atoms with Crippen molar-refractivity contribution < 1.29 is 23.9 Å². The molecular formula is C23H18Cl4N2O5. The predicted octanol–water partition coefficient (Wildman–Crippen LogP) is 4.90. The minimum absolute atomic E-state index is 0.149. The Morgan fingerprint density at radius 1 is 0.941 bits per heavy atom. The lowest BCUT2D eigenvalue weighted by atomic mass is 9.80. The molecule has 4 atom stereocenters. The highest BCUT2D eigenvalue weighted by Gasteiger charge is 2.52. The van der Waals surface area contributed by atoms with Gasteiger partial charge in [0.05, 0.1) is 49.6 Å². The van der Waals surface area contributed by atoms with E-state index in [2.05, 4.69) is 5.32 Å². The third-order valence-corrected chi connectivity index (χ3v) is 7.75. The van der Waals surface area contributed by atoms with Crippen LogP contribution in [0.2, 0.25) is 10.0 Å². The predicted molar refractivity (Wildman–Crippen MR) is 130 cm³/mol. The molecule has 2 fully saturated rings. The van der Waals surface area contributed by atoms with Gasteiger partial charge in [-0.25, -0.2) is 4.79 Å². The van der Waals surface area contributed by atoms with Gasteiger partial charge in [-0.3, -0.25) is 19.3 Å². The average molecular weight is 544 g/mol. The van der Waals surface area contributed by atoms with Crippen molar-refractivity contribution in [3.8, 4) is 0 Å². The van der Waals surface area contributed by atoms with Gasteiger partial charge in [0.1, 0.15) is 0 Å². The number of carbonyl (C=O) groups excluding carboxylic acids is 4. The third kappa shape index (κ3) is 4.89. The van der Waals surface area contributed by atoms with Gasteiger partial charge in [-0.05, 0) is 49.2 Å². The molecule has 178 valence electrons. The molecule has 0 unspecified atom stereocenters. The van der Waals surface area contributed by atoms with Crippen molar-refractivity contribution in [1.82, 2.24) is 0 Å². The van der Waals surface area contributed by atoms with Gasteiger partial charge < -0.3 is 10.1 Å². The molecule has 2 aromatic rings. The van der Waals surface area contributed by atoms with E-state index in [0.717, 1.165) is 4.90 Å². The van der Waals surface area contributed by atoms with E-state index in [1.807, 2.05) is 0 Å². The molecule has 0 radical (unpaired) electrons. The first-order valence-corrected chi connectivity index (χ1v) is 12.0. The Hall–Kier alpha value is -2.32. The molecule has 1 heterocycles. The van der Waals surface area contributed by atoms with E-state index >= 15 is 0 Å². The molecule has 2 aromatic carbocycles. The number of fused-ring (bicyclic) bond motifs is 1. The van der Waals surface area contributed by atoms with Crippen molar-refractivity contribution >= 4 is 81.5 Å². The number of amides is 3. The van der Waals surface area contributed by atoms with Crippen LogP contribution in [0.1, 0.15) is 23.2 Å². The Morgan fingerprint density at radius 2 is 1.53 bits per heavy atom. The lowest BCUT2D eigenvalue weighted by Gasteiger charge is -2.28. The van der Waals surface area contributed by atoms with Crippen molar-refractivity contribution in [2.75, 3.05) is 16.8 Å². The first-order chi connectivity index (χ1) is 16.2. The zero-order valence-electron chi connectivity index (χ0n) is 17.5. The van der Waals surface area contributed by atoms with Crippen molar-refractivity contribution in [3.63, 3.8) is 0 Å². The Labute approximate surface area is 215 Å². The second kappa shape index (κ2) is 10.1. The molecule has 0 bridgehead atoms. The lowest BCUT2D eigenvalue weighted by molar-refractivity contribution is -0.122.